The first-order valence-corrected chi connectivity index (χ1v) is 8.59. The number of benzene rings is 1. The van der Waals surface area contributed by atoms with Crippen LogP contribution in [0.2, 0.25) is 0 Å². The standard InChI is InChI=1S/C19H20F3N5O/c1-11-7-5-6-8-14(11)10-27-13(3)17(12(2)24-27)23-18(28)15-9-16(19(20,21)22)26(4)25-15/h5-9H,10H2,1-4H3,(H,23,28). The van der Waals surface area contributed by atoms with Gasteiger partial charge in [0.2, 0.25) is 0 Å². The molecule has 0 saturated carbocycles. The molecular formula is C19H20F3N5O. The highest BCUT2D eigenvalue weighted by atomic mass is 19.4. The van der Waals surface area contributed by atoms with Gasteiger partial charge < -0.3 is 5.32 Å². The zero-order valence-corrected chi connectivity index (χ0v) is 15.9. The monoisotopic (exact) mass is 391 g/mol. The number of carbonyl (C=O) groups excluding carboxylic acids is 1. The molecule has 3 aromatic rings. The summed E-state index contributed by atoms with van der Waals surface area (Å²) in [5, 5.41) is 10.8. The maximum Gasteiger partial charge on any atom is 0.433 e. The normalized spacial score (nSPS) is 11.7. The number of aryl methyl sites for hydroxylation is 3. The lowest BCUT2D eigenvalue weighted by atomic mass is 10.1. The van der Waals surface area contributed by atoms with E-state index >= 15 is 0 Å². The first-order chi connectivity index (χ1) is 13.1. The minimum absolute atomic E-state index is 0.305. The van der Waals surface area contributed by atoms with Gasteiger partial charge in [-0.15, -0.1) is 0 Å². The second-order valence-electron chi connectivity index (χ2n) is 6.62. The molecule has 1 amide bonds. The topological polar surface area (TPSA) is 64.7 Å². The van der Waals surface area contributed by atoms with E-state index in [1.54, 1.807) is 18.5 Å². The van der Waals surface area contributed by atoms with E-state index in [1.807, 2.05) is 31.2 Å². The van der Waals surface area contributed by atoms with E-state index in [0.29, 0.717) is 28.3 Å². The van der Waals surface area contributed by atoms with Crippen LogP contribution in [0.1, 0.15) is 38.7 Å². The summed E-state index contributed by atoms with van der Waals surface area (Å²) in [6, 6.07) is 8.63. The average Bonchev–Trinajstić information content (AvgIpc) is 3.12. The molecule has 0 fully saturated rings. The Morgan fingerprint density at radius 3 is 2.43 bits per heavy atom. The van der Waals surface area contributed by atoms with Crippen molar-refractivity contribution in [1.82, 2.24) is 19.6 Å². The summed E-state index contributed by atoms with van der Waals surface area (Å²) in [6.45, 7) is 6.06. The SMILES string of the molecule is Cc1ccccc1Cn1nc(C)c(NC(=O)c2cc(C(F)(F)F)n(C)n2)c1C. The maximum absolute atomic E-state index is 12.9. The Labute approximate surface area is 160 Å². The summed E-state index contributed by atoms with van der Waals surface area (Å²) in [4.78, 5) is 12.4. The van der Waals surface area contributed by atoms with Gasteiger partial charge in [0, 0.05) is 13.1 Å². The van der Waals surface area contributed by atoms with Crippen molar-refractivity contribution in [3.63, 3.8) is 0 Å². The summed E-state index contributed by atoms with van der Waals surface area (Å²) in [5.74, 6) is -0.715. The summed E-state index contributed by atoms with van der Waals surface area (Å²) in [5.41, 5.74) is 2.67. The van der Waals surface area contributed by atoms with Crippen LogP contribution >= 0.6 is 0 Å². The molecule has 3 rings (SSSR count). The molecule has 0 unspecified atom stereocenters. The van der Waals surface area contributed by atoms with Crippen molar-refractivity contribution in [2.75, 3.05) is 5.32 Å². The highest BCUT2D eigenvalue weighted by Crippen LogP contribution is 2.29. The predicted molar refractivity (Wildman–Crippen MR) is 98.1 cm³/mol. The van der Waals surface area contributed by atoms with Crippen LogP contribution < -0.4 is 5.32 Å². The Balaban J connectivity index is 1.84. The number of hydrogen-bond acceptors (Lipinski definition) is 3. The lowest BCUT2D eigenvalue weighted by Crippen LogP contribution is -2.14. The third-order valence-corrected chi connectivity index (χ3v) is 4.60. The number of amides is 1. The molecule has 6 nitrogen and oxygen atoms in total. The number of rotatable bonds is 4. The first kappa shape index (κ1) is 19.7. The number of hydrogen-bond donors (Lipinski definition) is 1. The van der Waals surface area contributed by atoms with Crippen molar-refractivity contribution in [2.24, 2.45) is 7.05 Å². The fraction of sp³-hybridized carbons (Fsp3) is 0.316. The molecule has 0 aliphatic rings. The Kier molecular flexibility index (Phi) is 5.01. The zero-order chi connectivity index (χ0) is 20.6. The minimum atomic E-state index is -4.58. The van der Waals surface area contributed by atoms with Crippen molar-refractivity contribution in [1.29, 1.82) is 0 Å². The van der Waals surface area contributed by atoms with Crippen LogP contribution in [0.15, 0.2) is 30.3 Å². The number of carbonyl (C=O) groups is 1. The molecule has 0 bridgehead atoms. The molecule has 0 spiro atoms. The summed E-state index contributed by atoms with van der Waals surface area (Å²) in [6.07, 6.45) is -4.58. The molecular weight excluding hydrogens is 371 g/mol. The van der Waals surface area contributed by atoms with Crippen molar-refractivity contribution >= 4 is 11.6 Å². The number of nitrogens with zero attached hydrogens (tertiary/aromatic N) is 4. The summed E-state index contributed by atoms with van der Waals surface area (Å²) < 4.78 is 41.2. The number of aromatic nitrogens is 4. The molecule has 148 valence electrons. The van der Waals surface area contributed by atoms with Gasteiger partial charge in [0.1, 0.15) is 5.69 Å². The van der Waals surface area contributed by atoms with Crippen LogP contribution in [0.25, 0.3) is 0 Å². The van der Waals surface area contributed by atoms with Gasteiger partial charge in [0.05, 0.1) is 23.6 Å². The summed E-state index contributed by atoms with van der Waals surface area (Å²) in [7, 11) is 1.15. The van der Waals surface area contributed by atoms with E-state index in [9.17, 15) is 18.0 Å². The number of anilines is 1. The molecule has 1 N–H and O–H groups in total. The molecule has 2 aromatic heterocycles. The molecule has 0 atom stereocenters. The number of halogens is 3. The quantitative estimate of drug-likeness (QED) is 0.735. The van der Waals surface area contributed by atoms with E-state index in [-0.39, 0.29) is 5.69 Å². The van der Waals surface area contributed by atoms with Gasteiger partial charge in [-0.1, -0.05) is 24.3 Å². The van der Waals surface area contributed by atoms with E-state index in [4.69, 9.17) is 0 Å². The fourth-order valence-electron chi connectivity index (χ4n) is 3.00. The second kappa shape index (κ2) is 7.14. The van der Waals surface area contributed by atoms with Crippen molar-refractivity contribution in [3.8, 4) is 0 Å². The van der Waals surface area contributed by atoms with Crippen molar-refractivity contribution < 1.29 is 18.0 Å². The number of alkyl halides is 3. The van der Waals surface area contributed by atoms with Gasteiger partial charge >= 0.3 is 6.18 Å². The van der Waals surface area contributed by atoms with Gasteiger partial charge in [0.25, 0.3) is 5.91 Å². The van der Waals surface area contributed by atoms with Crippen molar-refractivity contribution in [2.45, 2.75) is 33.5 Å². The van der Waals surface area contributed by atoms with E-state index in [0.717, 1.165) is 24.2 Å². The van der Waals surface area contributed by atoms with E-state index in [1.165, 1.54) is 0 Å². The Hall–Kier alpha value is -3.10. The van der Waals surface area contributed by atoms with Crippen molar-refractivity contribution in [3.05, 3.63) is 64.2 Å². The fourth-order valence-corrected chi connectivity index (χ4v) is 3.00. The van der Waals surface area contributed by atoms with Crippen LogP contribution in [-0.4, -0.2) is 25.5 Å². The smallest absolute Gasteiger partial charge is 0.317 e. The van der Waals surface area contributed by atoms with Gasteiger partial charge in [-0.2, -0.15) is 23.4 Å². The molecule has 0 aliphatic carbocycles. The van der Waals surface area contributed by atoms with Gasteiger partial charge in [0.15, 0.2) is 5.69 Å². The third-order valence-electron chi connectivity index (χ3n) is 4.60. The molecule has 1 aromatic carbocycles. The van der Waals surface area contributed by atoms with E-state index in [2.05, 4.69) is 15.5 Å². The molecule has 0 saturated heterocycles. The average molecular weight is 391 g/mol. The lowest BCUT2D eigenvalue weighted by Gasteiger charge is -2.08. The van der Waals surface area contributed by atoms with Crippen LogP contribution in [-0.2, 0) is 19.8 Å². The van der Waals surface area contributed by atoms with E-state index < -0.39 is 17.8 Å². The molecule has 0 aliphatic heterocycles. The largest absolute Gasteiger partial charge is 0.433 e. The second-order valence-corrected chi connectivity index (χ2v) is 6.62. The number of nitrogens with one attached hydrogen (secondary N) is 1. The molecule has 28 heavy (non-hydrogen) atoms. The van der Waals surface area contributed by atoms with Gasteiger partial charge in [-0.05, 0) is 31.9 Å². The zero-order valence-electron chi connectivity index (χ0n) is 15.9. The molecule has 0 radical (unpaired) electrons. The van der Waals surface area contributed by atoms with Crippen LogP contribution in [0.3, 0.4) is 0 Å². The third kappa shape index (κ3) is 3.78. The van der Waals surface area contributed by atoms with Crippen LogP contribution in [0.5, 0.6) is 0 Å². The summed E-state index contributed by atoms with van der Waals surface area (Å²) >= 11 is 0. The predicted octanol–water partition coefficient (Wildman–Crippen LogP) is 3.86. The Morgan fingerprint density at radius 1 is 1.14 bits per heavy atom. The highest BCUT2D eigenvalue weighted by Gasteiger charge is 2.35. The van der Waals surface area contributed by atoms with Gasteiger partial charge in [-0.25, -0.2) is 0 Å². The van der Waals surface area contributed by atoms with Gasteiger partial charge in [-0.3, -0.25) is 14.2 Å². The minimum Gasteiger partial charge on any atom is -0.317 e. The first-order valence-electron chi connectivity index (χ1n) is 8.59. The molecule has 9 heteroatoms. The lowest BCUT2D eigenvalue weighted by molar-refractivity contribution is -0.143. The highest BCUT2D eigenvalue weighted by molar-refractivity contribution is 6.03. The Bertz CT molecular complexity index is 1030. The van der Waals surface area contributed by atoms with Crippen LogP contribution in [0, 0.1) is 20.8 Å². The molecule has 2 heterocycles. The van der Waals surface area contributed by atoms with Crippen LogP contribution in [0.4, 0.5) is 18.9 Å². The maximum atomic E-state index is 12.9. The Morgan fingerprint density at radius 2 is 1.82 bits per heavy atom.